The van der Waals surface area contributed by atoms with Gasteiger partial charge in [0.05, 0.1) is 16.9 Å². The lowest BCUT2D eigenvalue weighted by atomic mass is 10.0. The average molecular weight is 280 g/mol. The molecular weight excluding hydrogens is 264 g/mol. The van der Waals surface area contributed by atoms with Crippen molar-refractivity contribution in [3.05, 3.63) is 23.3 Å². The summed E-state index contributed by atoms with van der Waals surface area (Å²) in [6, 6.07) is 2.60. The van der Waals surface area contributed by atoms with Crippen LogP contribution in [0.2, 0.25) is 0 Å². The number of hydrogen-bond acceptors (Lipinski definition) is 4. The average Bonchev–Trinajstić information content (AvgIpc) is 2.31. The molecule has 1 aromatic rings. The molecule has 108 valence electrons. The van der Waals surface area contributed by atoms with Crippen LogP contribution in [0.5, 0.6) is 0 Å². The second-order valence-electron chi connectivity index (χ2n) is 4.03. The first-order valence-corrected chi connectivity index (χ1v) is 5.73. The highest BCUT2D eigenvalue weighted by Crippen LogP contribution is 2.31. The van der Waals surface area contributed by atoms with Crippen LogP contribution in [0.15, 0.2) is 17.1 Å². The third kappa shape index (κ3) is 3.95. The molecular formula is C12H16N4O4. The zero-order valence-electron chi connectivity index (χ0n) is 10.9. The van der Waals surface area contributed by atoms with Crippen molar-refractivity contribution in [2.45, 2.75) is 13.3 Å². The fourth-order valence-electron chi connectivity index (χ4n) is 1.67. The number of benzene rings is 1. The summed E-state index contributed by atoms with van der Waals surface area (Å²) in [4.78, 5) is 26.1. The van der Waals surface area contributed by atoms with E-state index in [9.17, 15) is 9.59 Å². The number of guanidine groups is 1. The predicted molar refractivity (Wildman–Crippen MR) is 74.0 cm³/mol. The first kappa shape index (κ1) is 15.4. The number of rotatable bonds is 5. The molecule has 1 amide bonds. The number of carboxylic acid groups (broad SMARTS) is 1. The van der Waals surface area contributed by atoms with Crippen LogP contribution in [0.4, 0.5) is 11.4 Å². The number of carbonyl (C=O) groups excluding carboxylic acids is 1. The van der Waals surface area contributed by atoms with Gasteiger partial charge in [-0.05, 0) is 24.1 Å². The number of nitrogens with one attached hydrogen (secondary N) is 1. The predicted octanol–water partition coefficient (Wildman–Crippen LogP) is -0.217. The molecule has 0 aliphatic heterocycles. The number of hydrogen-bond donors (Lipinski definition) is 5. The second-order valence-corrected chi connectivity index (χ2v) is 4.03. The molecule has 0 saturated carbocycles. The number of aliphatic imine (C=N–C) groups is 1. The van der Waals surface area contributed by atoms with Crippen molar-refractivity contribution >= 4 is 29.2 Å². The molecule has 0 heterocycles. The molecule has 8 nitrogen and oxygen atoms in total. The van der Waals surface area contributed by atoms with Gasteiger partial charge in [-0.2, -0.15) is 0 Å². The fraction of sp³-hybridized carbons (Fsp3) is 0.250. The van der Waals surface area contributed by atoms with Gasteiger partial charge in [-0.1, -0.05) is 0 Å². The van der Waals surface area contributed by atoms with E-state index >= 15 is 0 Å². The number of aliphatic hydroxyl groups excluding tert-OH is 1. The Hall–Kier alpha value is -2.61. The molecule has 0 fully saturated rings. The van der Waals surface area contributed by atoms with Gasteiger partial charge in [-0.15, -0.1) is 0 Å². The minimum absolute atomic E-state index is 0.0393. The summed E-state index contributed by atoms with van der Waals surface area (Å²) < 4.78 is 0. The topological polar surface area (TPSA) is 151 Å². The van der Waals surface area contributed by atoms with Crippen LogP contribution in [0.3, 0.4) is 0 Å². The summed E-state index contributed by atoms with van der Waals surface area (Å²) in [6.07, 6.45) is 0.156. The minimum Gasteiger partial charge on any atom is -0.478 e. The lowest BCUT2D eigenvalue weighted by Gasteiger charge is -2.13. The largest absolute Gasteiger partial charge is 0.478 e. The molecule has 1 rings (SSSR count). The number of carboxylic acids is 1. The molecule has 0 radical (unpaired) electrons. The Morgan fingerprint density at radius 2 is 2.00 bits per heavy atom. The SMILES string of the molecule is CC(=O)Nc1c(CCO)cc(C(=O)O)cc1N=C(N)N. The van der Waals surface area contributed by atoms with E-state index in [2.05, 4.69) is 10.3 Å². The van der Waals surface area contributed by atoms with Crippen molar-refractivity contribution < 1.29 is 19.8 Å². The first-order valence-electron chi connectivity index (χ1n) is 5.73. The summed E-state index contributed by atoms with van der Waals surface area (Å²) in [5, 5.41) is 20.6. The lowest BCUT2D eigenvalue weighted by molar-refractivity contribution is -0.114. The number of aromatic carboxylic acids is 1. The van der Waals surface area contributed by atoms with Crippen molar-refractivity contribution in [2.75, 3.05) is 11.9 Å². The summed E-state index contributed by atoms with van der Waals surface area (Å²) in [5.74, 6) is -1.79. The van der Waals surface area contributed by atoms with Crippen molar-refractivity contribution in [3.8, 4) is 0 Å². The van der Waals surface area contributed by atoms with E-state index in [1.807, 2.05) is 0 Å². The second kappa shape index (κ2) is 6.53. The van der Waals surface area contributed by atoms with Gasteiger partial charge in [0.2, 0.25) is 5.91 Å². The van der Waals surface area contributed by atoms with Crippen LogP contribution < -0.4 is 16.8 Å². The monoisotopic (exact) mass is 280 g/mol. The van der Waals surface area contributed by atoms with Crippen molar-refractivity contribution in [1.29, 1.82) is 0 Å². The first-order chi connectivity index (χ1) is 9.35. The highest BCUT2D eigenvalue weighted by Gasteiger charge is 2.15. The third-order valence-corrected chi connectivity index (χ3v) is 2.38. The molecule has 8 heteroatoms. The molecule has 0 bridgehead atoms. The maximum absolute atomic E-state index is 11.2. The Kier molecular flexibility index (Phi) is 5.04. The number of nitrogens with two attached hydrogens (primary N) is 2. The molecule has 1 aromatic carbocycles. The third-order valence-electron chi connectivity index (χ3n) is 2.38. The molecule has 0 aliphatic carbocycles. The van der Waals surface area contributed by atoms with E-state index in [1.165, 1.54) is 19.1 Å². The van der Waals surface area contributed by atoms with Gasteiger partial charge in [-0.25, -0.2) is 9.79 Å². The molecule has 0 spiro atoms. The molecule has 20 heavy (non-hydrogen) atoms. The summed E-state index contributed by atoms with van der Waals surface area (Å²) in [6.45, 7) is 1.09. The molecule has 0 aliphatic rings. The van der Waals surface area contributed by atoms with Crippen LogP contribution in [0, 0.1) is 0 Å². The summed E-state index contributed by atoms with van der Waals surface area (Å²) in [7, 11) is 0. The Labute approximate surface area is 115 Å². The summed E-state index contributed by atoms with van der Waals surface area (Å²) >= 11 is 0. The number of carbonyl (C=O) groups is 2. The minimum atomic E-state index is -1.16. The van der Waals surface area contributed by atoms with Gasteiger partial charge in [-0.3, -0.25) is 4.79 Å². The molecule has 0 unspecified atom stereocenters. The maximum Gasteiger partial charge on any atom is 0.335 e. The van der Waals surface area contributed by atoms with E-state index in [0.29, 0.717) is 5.56 Å². The van der Waals surface area contributed by atoms with Crippen LogP contribution in [0.25, 0.3) is 0 Å². The van der Waals surface area contributed by atoms with Crippen LogP contribution in [-0.2, 0) is 11.2 Å². The quantitative estimate of drug-likeness (QED) is 0.371. The normalized spacial score (nSPS) is 9.90. The zero-order chi connectivity index (χ0) is 15.3. The van der Waals surface area contributed by atoms with Gasteiger partial charge in [0.15, 0.2) is 5.96 Å². The Balaban J connectivity index is 3.52. The van der Waals surface area contributed by atoms with Crippen molar-refractivity contribution in [1.82, 2.24) is 0 Å². The number of nitrogens with zero attached hydrogens (tertiary/aromatic N) is 1. The Bertz CT molecular complexity index is 565. The van der Waals surface area contributed by atoms with Gasteiger partial charge >= 0.3 is 5.97 Å². The van der Waals surface area contributed by atoms with Crippen molar-refractivity contribution in [2.24, 2.45) is 16.5 Å². The van der Waals surface area contributed by atoms with E-state index in [4.69, 9.17) is 21.7 Å². The van der Waals surface area contributed by atoms with Gasteiger partial charge in [0.1, 0.15) is 0 Å². The van der Waals surface area contributed by atoms with Crippen LogP contribution >= 0.6 is 0 Å². The number of aliphatic hydroxyl groups is 1. The van der Waals surface area contributed by atoms with Gasteiger partial charge in [0, 0.05) is 13.5 Å². The Morgan fingerprint density at radius 3 is 2.45 bits per heavy atom. The van der Waals surface area contributed by atoms with E-state index in [1.54, 1.807) is 0 Å². The van der Waals surface area contributed by atoms with E-state index < -0.39 is 5.97 Å². The molecule has 0 saturated heterocycles. The maximum atomic E-state index is 11.2. The van der Waals surface area contributed by atoms with E-state index in [-0.39, 0.29) is 41.8 Å². The van der Waals surface area contributed by atoms with E-state index in [0.717, 1.165) is 0 Å². The highest BCUT2D eigenvalue weighted by molar-refractivity contribution is 5.98. The van der Waals surface area contributed by atoms with Crippen LogP contribution in [0.1, 0.15) is 22.8 Å². The zero-order valence-corrected chi connectivity index (χ0v) is 10.9. The van der Waals surface area contributed by atoms with Crippen LogP contribution in [-0.4, -0.2) is 34.7 Å². The standard InChI is InChI=1S/C12H16N4O4/c1-6(18)15-10-7(2-3-17)4-8(11(19)20)5-9(10)16-12(13)14/h4-5,17H,2-3H2,1H3,(H,15,18)(H,19,20)(H4,13,14,16). The molecule has 7 N–H and O–H groups in total. The molecule has 0 aromatic heterocycles. The highest BCUT2D eigenvalue weighted by atomic mass is 16.4. The fourth-order valence-corrected chi connectivity index (χ4v) is 1.67. The van der Waals surface area contributed by atoms with Crippen molar-refractivity contribution in [3.63, 3.8) is 0 Å². The number of amides is 1. The lowest BCUT2D eigenvalue weighted by Crippen LogP contribution is -2.22. The van der Waals surface area contributed by atoms with Gasteiger partial charge in [0.25, 0.3) is 0 Å². The Morgan fingerprint density at radius 1 is 1.35 bits per heavy atom. The smallest absolute Gasteiger partial charge is 0.335 e. The molecule has 0 atom stereocenters. The van der Waals surface area contributed by atoms with Gasteiger partial charge < -0.3 is 27.0 Å². The number of anilines is 1. The summed E-state index contributed by atoms with van der Waals surface area (Å²) in [5.41, 5.74) is 11.4.